The number of halogens is 2. The van der Waals surface area contributed by atoms with Crippen LogP contribution in [0.3, 0.4) is 0 Å². The second-order valence-corrected chi connectivity index (χ2v) is 10.4. The molecule has 2 aromatic rings. The molecule has 0 aromatic heterocycles. The van der Waals surface area contributed by atoms with Crippen LogP contribution in [0.4, 0.5) is 14.5 Å². The van der Waals surface area contributed by atoms with E-state index in [1.807, 2.05) is 13.8 Å². The molecule has 0 bridgehead atoms. The minimum absolute atomic E-state index is 0.0771. The van der Waals surface area contributed by atoms with Gasteiger partial charge in [-0.2, -0.15) is 0 Å². The normalized spacial score (nSPS) is 13.1. The molecule has 0 heterocycles. The molecule has 10 heteroatoms. The molecule has 0 aliphatic heterocycles. The Morgan fingerprint density at radius 3 is 2.17 bits per heavy atom. The molecule has 0 radical (unpaired) electrons. The predicted molar refractivity (Wildman–Crippen MR) is 132 cm³/mol. The summed E-state index contributed by atoms with van der Waals surface area (Å²) in [5.74, 6) is -2.00. The summed E-state index contributed by atoms with van der Waals surface area (Å²) in [6, 6.07) is 10.5. The fraction of sp³-hybridized carbons (Fsp3) is 0.440. The Morgan fingerprint density at radius 2 is 1.60 bits per heavy atom. The Labute approximate surface area is 206 Å². The molecule has 0 saturated heterocycles. The lowest BCUT2D eigenvalue weighted by Crippen LogP contribution is -2.49. The molecule has 7 nitrogen and oxygen atoms in total. The van der Waals surface area contributed by atoms with Crippen molar-refractivity contribution in [1.82, 2.24) is 10.2 Å². The lowest BCUT2D eigenvalue weighted by atomic mass is 10.1. The van der Waals surface area contributed by atoms with Gasteiger partial charge in [0.1, 0.15) is 17.7 Å². The topological polar surface area (TPSA) is 86.8 Å². The van der Waals surface area contributed by atoms with Gasteiger partial charge in [-0.15, -0.1) is 0 Å². The third-order valence-electron chi connectivity index (χ3n) is 5.74. The maximum atomic E-state index is 14.3. The van der Waals surface area contributed by atoms with E-state index in [4.69, 9.17) is 0 Å². The van der Waals surface area contributed by atoms with E-state index in [9.17, 15) is 26.8 Å². The molecule has 0 saturated carbocycles. The van der Waals surface area contributed by atoms with Crippen LogP contribution < -0.4 is 9.62 Å². The molecule has 0 fully saturated rings. The van der Waals surface area contributed by atoms with Crippen molar-refractivity contribution < 1.29 is 26.8 Å². The maximum Gasteiger partial charge on any atom is 0.242 e. The standard InChI is InChI=1S/C25H33F2N3O4S/c1-5-18(2)28-25(32)19(3)29(17-20-11-6-7-12-21(20)26)24(31)15-10-16-30(35(4,33)34)23-14-9-8-13-22(23)27/h6-9,11-14,18-19H,5,10,15-17H2,1-4H3,(H,28,32). The number of carbonyl (C=O) groups is 2. The van der Waals surface area contributed by atoms with Crippen LogP contribution in [0, 0.1) is 11.6 Å². The first-order chi connectivity index (χ1) is 16.5. The zero-order valence-electron chi connectivity index (χ0n) is 20.5. The largest absolute Gasteiger partial charge is 0.352 e. The molecular formula is C25H33F2N3O4S. The van der Waals surface area contributed by atoms with Gasteiger partial charge in [0.15, 0.2) is 0 Å². The SMILES string of the molecule is CCC(C)NC(=O)C(C)N(Cc1ccccc1F)C(=O)CCCN(c1ccccc1F)S(C)(=O)=O. The third-order valence-corrected chi connectivity index (χ3v) is 6.92. The third kappa shape index (κ3) is 8.02. The zero-order chi connectivity index (χ0) is 26.2. The molecule has 0 spiro atoms. The number of anilines is 1. The van der Waals surface area contributed by atoms with Crippen molar-refractivity contribution in [3.8, 4) is 0 Å². The fourth-order valence-electron chi connectivity index (χ4n) is 3.49. The lowest BCUT2D eigenvalue weighted by molar-refractivity contribution is -0.141. The molecular weight excluding hydrogens is 476 g/mol. The second-order valence-electron chi connectivity index (χ2n) is 8.50. The molecule has 1 N–H and O–H groups in total. The van der Waals surface area contributed by atoms with Gasteiger partial charge in [0.05, 0.1) is 11.9 Å². The van der Waals surface area contributed by atoms with E-state index in [-0.39, 0.29) is 49.1 Å². The molecule has 2 unspecified atom stereocenters. The van der Waals surface area contributed by atoms with Gasteiger partial charge in [0.25, 0.3) is 0 Å². The van der Waals surface area contributed by atoms with Gasteiger partial charge in [-0.3, -0.25) is 13.9 Å². The number of hydrogen-bond acceptors (Lipinski definition) is 4. The lowest BCUT2D eigenvalue weighted by Gasteiger charge is -2.30. The van der Waals surface area contributed by atoms with E-state index in [0.29, 0.717) is 6.42 Å². The van der Waals surface area contributed by atoms with Crippen LogP contribution in [0.15, 0.2) is 48.5 Å². The van der Waals surface area contributed by atoms with Gasteiger partial charge in [0.2, 0.25) is 21.8 Å². The van der Waals surface area contributed by atoms with Crippen LogP contribution in [0.1, 0.15) is 45.6 Å². The summed E-state index contributed by atoms with van der Waals surface area (Å²) >= 11 is 0. The summed E-state index contributed by atoms with van der Waals surface area (Å²) in [5, 5.41) is 2.83. The number of nitrogens with zero attached hydrogens (tertiary/aromatic N) is 2. The van der Waals surface area contributed by atoms with Gasteiger partial charge in [0, 0.05) is 31.1 Å². The highest BCUT2D eigenvalue weighted by Gasteiger charge is 2.28. The molecule has 192 valence electrons. The van der Waals surface area contributed by atoms with Crippen molar-refractivity contribution in [2.24, 2.45) is 0 Å². The number of para-hydroxylation sites is 1. The van der Waals surface area contributed by atoms with E-state index in [0.717, 1.165) is 16.6 Å². The van der Waals surface area contributed by atoms with Crippen LogP contribution in [0.25, 0.3) is 0 Å². The minimum atomic E-state index is -3.80. The summed E-state index contributed by atoms with van der Waals surface area (Å²) < 4.78 is 54.0. The van der Waals surface area contributed by atoms with Gasteiger partial charge in [-0.1, -0.05) is 37.3 Å². The Balaban J connectivity index is 2.20. The highest BCUT2D eigenvalue weighted by Crippen LogP contribution is 2.22. The average molecular weight is 510 g/mol. The molecule has 35 heavy (non-hydrogen) atoms. The number of amides is 2. The van der Waals surface area contributed by atoms with E-state index in [1.54, 1.807) is 19.1 Å². The van der Waals surface area contributed by atoms with E-state index < -0.39 is 33.6 Å². The number of rotatable bonds is 12. The monoisotopic (exact) mass is 509 g/mol. The molecule has 2 atom stereocenters. The fourth-order valence-corrected chi connectivity index (χ4v) is 4.46. The first-order valence-electron chi connectivity index (χ1n) is 11.5. The summed E-state index contributed by atoms with van der Waals surface area (Å²) in [5.41, 5.74) is 0.153. The highest BCUT2D eigenvalue weighted by atomic mass is 32.2. The van der Waals surface area contributed by atoms with Gasteiger partial charge in [-0.25, -0.2) is 17.2 Å². The first kappa shape index (κ1) is 28.2. The average Bonchev–Trinajstić information content (AvgIpc) is 2.80. The Morgan fingerprint density at radius 1 is 1.00 bits per heavy atom. The summed E-state index contributed by atoms with van der Waals surface area (Å²) in [7, 11) is -3.80. The Kier molecular flexibility index (Phi) is 10.2. The van der Waals surface area contributed by atoms with Crippen LogP contribution in [0.5, 0.6) is 0 Å². The first-order valence-corrected chi connectivity index (χ1v) is 13.4. The van der Waals surface area contributed by atoms with Crippen molar-refractivity contribution in [1.29, 1.82) is 0 Å². The van der Waals surface area contributed by atoms with Crippen LogP contribution in [-0.2, 0) is 26.2 Å². The molecule has 2 rings (SSSR count). The summed E-state index contributed by atoms with van der Waals surface area (Å²) in [6.45, 7) is 5.08. The molecule has 2 aromatic carbocycles. The van der Waals surface area contributed by atoms with E-state index in [1.165, 1.54) is 35.2 Å². The Bertz CT molecular complexity index is 1130. The van der Waals surface area contributed by atoms with E-state index >= 15 is 0 Å². The zero-order valence-corrected chi connectivity index (χ0v) is 21.3. The Hall–Kier alpha value is -3.01. The van der Waals surface area contributed by atoms with E-state index in [2.05, 4.69) is 5.32 Å². The van der Waals surface area contributed by atoms with Crippen molar-refractivity contribution in [2.75, 3.05) is 17.1 Å². The summed E-state index contributed by atoms with van der Waals surface area (Å²) in [4.78, 5) is 27.2. The second kappa shape index (κ2) is 12.6. The molecule has 0 aliphatic rings. The maximum absolute atomic E-state index is 14.3. The number of benzene rings is 2. The minimum Gasteiger partial charge on any atom is -0.352 e. The highest BCUT2D eigenvalue weighted by molar-refractivity contribution is 7.92. The summed E-state index contributed by atoms with van der Waals surface area (Å²) in [6.07, 6.45) is 1.63. The smallest absolute Gasteiger partial charge is 0.242 e. The number of hydrogen-bond donors (Lipinski definition) is 1. The number of nitrogens with one attached hydrogen (secondary N) is 1. The molecule has 2 amide bonds. The van der Waals surface area contributed by atoms with Crippen molar-refractivity contribution in [3.63, 3.8) is 0 Å². The van der Waals surface area contributed by atoms with Crippen molar-refractivity contribution in [3.05, 3.63) is 65.7 Å². The molecule has 0 aliphatic carbocycles. The van der Waals surface area contributed by atoms with Crippen LogP contribution in [-0.4, -0.2) is 50.0 Å². The van der Waals surface area contributed by atoms with Crippen LogP contribution in [0.2, 0.25) is 0 Å². The quantitative estimate of drug-likeness (QED) is 0.471. The van der Waals surface area contributed by atoms with Gasteiger partial charge < -0.3 is 10.2 Å². The van der Waals surface area contributed by atoms with Crippen molar-refractivity contribution >= 4 is 27.5 Å². The van der Waals surface area contributed by atoms with Gasteiger partial charge in [-0.05, 0) is 44.9 Å². The number of carbonyl (C=O) groups excluding carboxylic acids is 2. The predicted octanol–water partition coefficient (Wildman–Crippen LogP) is 3.84. The number of sulfonamides is 1. The van der Waals surface area contributed by atoms with Crippen LogP contribution >= 0.6 is 0 Å². The van der Waals surface area contributed by atoms with Gasteiger partial charge >= 0.3 is 0 Å². The van der Waals surface area contributed by atoms with Crippen molar-refractivity contribution in [2.45, 2.75) is 58.7 Å².